The molecule has 0 aromatic heterocycles. The van der Waals surface area contributed by atoms with Crippen molar-refractivity contribution in [3.8, 4) is 11.8 Å². The second kappa shape index (κ2) is 9.87. The number of nitrogens with zero attached hydrogens (tertiary/aromatic N) is 1. The summed E-state index contributed by atoms with van der Waals surface area (Å²) in [6, 6.07) is 17.8. The van der Waals surface area contributed by atoms with Gasteiger partial charge in [-0.05, 0) is 80.8 Å². The third-order valence-corrected chi connectivity index (χ3v) is 6.00. The summed E-state index contributed by atoms with van der Waals surface area (Å²) in [7, 11) is 0. The van der Waals surface area contributed by atoms with Gasteiger partial charge in [-0.3, -0.25) is 0 Å². The van der Waals surface area contributed by atoms with E-state index in [4.69, 9.17) is 10.00 Å². The molecule has 2 aromatic rings. The van der Waals surface area contributed by atoms with Gasteiger partial charge in [0.2, 0.25) is 0 Å². The Kier molecular flexibility index (Phi) is 7.22. The van der Waals surface area contributed by atoms with Gasteiger partial charge in [-0.1, -0.05) is 38.1 Å². The number of benzene rings is 2. The summed E-state index contributed by atoms with van der Waals surface area (Å²) in [6.07, 6.45) is 3.70. The highest BCUT2D eigenvalue weighted by molar-refractivity contribution is 5.75. The van der Waals surface area contributed by atoms with Crippen molar-refractivity contribution in [3.63, 3.8) is 0 Å². The number of urea groups is 1. The van der Waals surface area contributed by atoms with Gasteiger partial charge in [-0.2, -0.15) is 5.26 Å². The molecule has 2 N–H and O–H groups in total. The zero-order valence-electron chi connectivity index (χ0n) is 18.9. The van der Waals surface area contributed by atoms with Gasteiger partial charge in [-0.25, -0.2) is 4.79 Å². The molecule has 1 aliphatic rings. The molecule has 5 heteroatoms. The molecule has 3 rings (SSSR count). The van der Waals surface area contributed by atoms with E-state index in [1.165, 1.54) is 5.56 Å². The first kappa shape index (κ1) is 22.7. The van der Waals surface area contributed by atoms with Crippen LogP contribution in [0.25, 0.3) is 0 Å². The Morgan fingerprint density at radius 2 is 1.77 bits per heavy atom. The van der Waals surface area contributed by atoms with Crippen molar-refractivity contribution in [1.29, 1.82) is 5.26 Å². The fourth-order valence-corrected chi connectivity index (χ4v) is 3.99. The van der Waals surface area contributed by atoms with Gasteiger partial charge in [0.05, 0.1) is 23.3 Å². The van der Waals surface area contributed by atoms with Crippen LogP contribution >= 0.6 is 0 Å². The average Bonchev–Trinajstić information content (AvgIpc) is 2.75. The Bertz CT molecular complexity index is 920. The number of amides is 2. The smallest absolute Gasteiger partial charge is 0.315 e. The van der Waals surface area contributed by atoms with E-state index in [0.29, 0.717) is 11.5 Å². The van der Waals surface area contributed by atoms with Crippen LogP contribution in [-0.4, -0.2) is 18.2 Å². The molecular formula is C26H33N3O2. The topological polar surface area (TPSA) is 74.2 Å². The van der Waals surface area contributed by atoms with Gasteiger partial charge < -0.3 is 15.4 Å². The minimum atomic E-state index is -0.453. The highest BCUT2D eigenvalue weighted by Gasteiger charge is 2.27. The number of rotatable bonds is 6. The Labute approximate surface area is 185 Å². The van der Waals surface area contributed by atoms with Crippen molar-refractivity contribution in [2.45, 2.75) is 77.0 Å². The quantitative estimate of drug-likeness (QED) is 0.639. The van der Waals surface area contributed by atoms with E-state index in [1.54, 1.807) is 12.1 Å². The van der Waals surface area contributed by atoms with Gasteiger partial charge >= 0.3 is 6.03 Å². The van der Waals surface area contributed by atoms with E-state index in [0.717, 1.165) is 37.0 Å². The second-order valence-electron chi connectivity index (χ2n) is 9.23. The lowest BCUT2D eigenvalue weighted by atomic mass is 9.90. The van der Waals surface area contributed by atoms with E-state index in [9.17, 15) is 4.79 Å². The molecular weight excluding hydrogens is 386 g/mol. The Morgan fingerprint density at radius 1 is 1.10 bits per heavy atom. The molecule has 0 aliphatic heterocycles. The van der Waals surface area contributed by atoms with Crippen LogP contribution in [0.15, 0.2) is 48.5 Å². The molecule has 0 saturated heterocycles. The summed E-state index contributed by atoms with van der Waals surface area (Å²) in [6.45, 7) is 8.42. The largest absolute Gasteiger partial charge is 0.490 e. The van der Waals surface area contributed by atoms with E-state index in [-0.39, 0.29) is 18.2 Å². The fraction of sp³-hybridized carbons (Fsp3) is 0.462. The van der Waals surface area contributed by atoms with Crippen LogP contribution in [0.4, 0.5) is 4.79 Å². The summed E-state index contributed by atoms with van der Waals surface area (Å²) in [5.41, 5.74) is 2.55. The van der Waals surface area contributed by atoms with E-state index in [1.807, 2.05) is 26.0 Å². The number of hydrogen-bond donors (Lipinski definition) is 2. The van der Waals surface area contributed by atoms with Crippen molar-refractivity contribution in [1.82, 2.24) is 10.6 Å². The lowest BCUT2D eigenvalue weighted by molar-refractivity contribution is 0.139. The summed E-state index contributed by atoms with van der Waals surface area (Å²) >= 11 is 0. The van der Waals surface area contributed by atoms with Crippen LogP contribution < -0.4 is 15.4 Å². The number of carbonyl (C=O) groups is 1. The summed E-state index contributed by atoms with van der Waals surface area (Å²) in [5.74, 6) is 1.24. The summed E-state index contributed by atoms with van der Waals surface area (Å²) in [5, 5.41) is 15.2. The van der Waals surface area contributed by atoms with Gasteiger partial charge in [0.1, 0.15) is 5.75 Å². The van der Waals surface area contributed by atoms with Crippen LogP contribution in [0.2, 0.25) is 0 Å². The van der Waals surface area contributed by atoms with Crippen molar-refractivity contribution in [2.75, 3.05) is 0 Å². The molecule has 1 aliphatic carbocycles. The highest BCUT2D eigenvalue weighted by Crippen LogP contribution is 2.26. The maximum absolute atomic E-state index is 12.7. The molecule has 31 heavy (non-hydrogen) atoms. The number of nitriles is 1. The van der Waals surface area contributed by atoms with Gasteiger partial charge in [0, 0.05) is 6.04 Å². The predicted molar refractivity (Wildman–Crippen MR) is 123 cm³/mol. The molecule has 0 heterocycles. The second-order valence-corrected chi connectivity index (χ2v) is 9.23. The highest BCUT2D eigenvalue weighted by atomic mass is 16.5. The third kappa shape index (κ3) is 6.24. The molecule has 0 bridgehead atoms. The third-order valence-electron chi connectivity index (χ3n) is 6.00. The molecule has 0 unspecified atom stereocenters. The standard InChI is InChI=1S/C26H33N3O2/c1-18(2)20-6-5-7-21(16-20)26(3,4)29-25(30)28-22-10-14-24(15-11-22)31-23-12-8-19(17-27)9-13-23/h5-9,12-13,16,18,22,24H,10-11,14-15H2,1-4H3,(H2,28,29,30). The molecule has 1 saturated carbocycles. The van der Waals surface area contributed by atoms with E-state index in [2.05, 4.69) is 54.8 Å². The Morgan fingerprint density at radius 3 is 2.39 bits per heavy atom. The van der Waals surface area contributed by atoms with Crippen molar-refractivity contribution in [3.05, 3.63) is 65.2 Å². The molecule has 164 valence electrons. The van der Waals surface area contributed by atoms with Gasteiger partial charge in [-0.15, -0.1) is 0 Å². The first-order valence-corrected chi connectivity index (χ1v) is 11.1. The van der Waals surface area contributed by atoms with Crippen molar-refractivity contribution < 1.29 is 9.53 Å². The minimum absolute atomic E-state index is 0.128. The van der Waals surface area contributed by atoms with Crippen molar-refractivity contribution >= 4 is 6.03 Å². The average molecular weight is 420 g/mol. The van der Waals surface area contributed by atoms with E-state index >= 15 is 0 Å². The zero-order valence-corrected chi connectivity index (χ0v) is 18.9. The Hall–Kier alpha value is -3.00. The fourth-order valence-electron chi connectivity index (χ4n) is 3.99. The maximum Gasteiger partial charge on any atom is 0.315 e. The lowest BCUT2D eigenvalue weighted by Crippen LogP contribution is -2.50. The minimum Gasteiger partial charge on any atom is -0.490 e. The summed E-state index contributed by atoms with van der Waals surface area (Å²) < 4.78 is 6.04. The molecule has 2 amide bonds. The van der Waals surface area contributed by atoms with Crippen LogP contribution in [0.1, 0.15) is 76.0 Å². The first-order valence-electron chi connectivity index (χ1n) is 11.1. The maximum atomic E-state index is 12.7. The van der Waals surface area contributed by atoms with Crippen LogP contribution in [0.5, 0.6) is 5.75 Å². The molecule has 1 fully saturated rings. The van der Waals surface area contributed by atoms with Crippen LogP contribution in [0.3, 0.4) is 0 Å². The van der Waals surface area contributed by atoms with E-state index < -0.39 is 5.54 Å². The summed E-state index contributed by atoms with van der Waals surface area (Å²) in [4.78, 5) is 12.7. The molecule has 2 aromatic carbocycles. The predicted octanol–water partition coefficient (Wildman–Crippen LogP) is 5.61. The molecule has 0 atom stereocenters. The lowest BCUT2D eigenvalue weighted by Gasteiger charge is -2.32. The van der Waals surface area contributed by atoms with Crippen LogP contribution in [0, 0.1) is 11.3 Å². The molecule has 5 nitrogen and oxygen atoms in total. The zero-order chi connectivity index (χ0) is 22.4. The van der Waals surface area contributed by atoms with Gasteiger partial charge in [0.25, 0.3) is 0 Å². The SMILES string of the molecule is CC(C)c1cccc(C(C)(C)NC(=O)NC2CCC(Oc3ccc(C#N)cc3)CC2)c1. The van der Waals surface area contributed by atoms with Gasteiger partial charge in [0.15, 0.2) is 0 Å². The molecule has 0 radical (unpaired) electrons. The first-order chi connectivity index (χ1) is 14.8. The number of nitrogens with one attached hydrogen (secondary N) is 2. The number of ether oxygens (including phenoxy) is 1. The normalized spacial score (nSPS) is 18.8. The monoisotopic (exact) mass is 419 g/mol. The van der Waals surface area contributed by atoms with Crippen LogP contribution in [-0.2, 0) is 5.54 Å². The number of carbonyl (C=O) groups excluding carboxylic acids is 1. The Balaban J connectivity index is 1.48. The molecule has 0 spiro atoms. The van der Waals surface area contributed by atoms with Crippen molar-refractivity contribution in [2.24, 2.45) is 0 Å². The number of hydrogen-bond acceptors (Lipinski definition) is 3.